The third kappa shape index (κ3) is 2.86. The van der Waals surface area contributed by atoms with Gasteiger partial charge in [0.25, 0.3) is 0 Å². The molecule has 0 aliphatic carbocycles. The summed E-state index contributed by atoms with van der Waals surface area (Å²) >= 11 is 6.14. The summed E-state index contributed by atoms with van der Waals surface area (Å²) in [5, 5.41) is 0. The SMILES string of the molecule is CC1CCC(CC2(CCl)CCOCC2)O1. The molecule has 2 rings (SSSR count). The minimum Gasteiger partial charge on any atom is -0.381 e. The van der Waals surface area contributed by atoms with E-state index in [1.165, 1.54) is 12.8 Å². The van der Waals surface area contributed by atoms with Crippen LogP contribution in [0.1, 0.15) is 39.0 Å². The summed E-state index contributed by atoms with van der Waals surface area (Å²) in [7, 11) is 0. The van der Waals surface area contributed by atoms with Gasteiger partial charge in [-0.15, -0.1) is 11.6 Å². The van der Waals surface area contributed by atoms with Crippen molar-refractivity contribution in [1.29, 1.82) is 0 Å². The van der Waals surface area contributed by atoms with Crippen molar-refractivity contribution in [2.45, 2.75) is 51.2 Å². The average molecular weight is 233 g/mol. The van der Waals surface area contributed by atoms with Gasteiger partial charge in [0.15, 0.2) is 0 Å². The number of ether oxygens (including phenoxy) is 2. The Morgan fingerprint density at radius 2 is 2.00 bits per heavy atom. The van der Waals surface area contributed by atoms with E-state index in [-0.39, 0.29) is 5.41 Å². The first-order chi connectivity index (χ1) is 7.24. The van der Waals surface area contributed by atoms with E-state index >= 15 is 0 Å². The highest BCUT2D eigenvalue weighted by Crippen LogP contribution is 2.39. The standard InChI is InChI=1S/C12H21ClO2/c1-10-2-3-11(15-10)8-12(9-13)4-6-14-7-5-12/h10-11H,2-9H2,1H3. The third-order valence-corrected chi connectivity index (χ3v) is 4.38. The average Bonchev–Trinajstić information content (AvgIpc) is 2.65. The second-order valence-electron chi connectivity index (χ2n) is 5.10. The van der Waals surface area contributed by atoms with E-state index in [9.17, 15) is 0 Å². The minimum atomic E-state index is 0.286. The van der Waals surface area contributed by atoms with Gasteiger partial charge in [0, 0.05) is 19.1 Å². The number of hydrogen-bond donors (Lipinski definition) is 0. The minimum absolute atomic E-state index is 0.286. The largest absolute Gasteiger partial charge is 0.381 e. The fraction of sp³-hybridized carbons (Fsp3) is 1.00. The molecular formula is C12H21ClO2. The highest BCUT2D eigenvalue weighted by molar-refractivity contribution is 6.18. The molecule has 2 atom stereocenters. The fourth-order valence-electron chi connectivity index (χ4n) is 2.72. The zero-order chi connectivity index (χ0) is 10.7. The highest BCUT2D eigenvalue weighted by Gasteiger charge is 2.36. The Kier molecular flexibility index (Phi) is 3.92. The maximum atomic E-state index is 6.14. The van der Waals surface area contributed by atoms with Crippen LogP contribution in [0.4, 0.5) is 0 Å². The van der Waals surface area contributed by atoms with Gasteiger partial charge in [-0.25, -0.2) is 0 Å². The molecule has 2 aliphatic rings. The van der Waals surface area contributed by atoms with Crippen LogP contribution in [0.25, 0.3) is 0 Å². The van der Waals surface area contributed by atoms with Crippen LogP contribution in [0.2, 0.25) is 0 Å². The number of rotatable bonds is 3. The van der Waals surface area contributed by atoms with Gasteiger partial charge in [0.05, 0.1) is 12.2 Å². The number of halogens is 1. The van der Waals surface area contributed by atoms with Crippen molar-refractivity contribution in [1.82, 2.24) is 0 Å². The Labute approximate surface area is 97.3 Å². The molecule has 2 unspecified atom stereocenters. The van der Waals surface area contributed by atoms with Crippen molar-refractivity contribution in [2.24, 2.45) is 5.41 Å². The van der Waals surface area contributed by atoms with Gasteiger partial charge >= 0.3 is 0 Å². The van der Waals surface area contributed by atoms with Crippen LogP contribution in [0.5, 0.6) is 0 Å². The maximum absolute atomic E-state index is 6.14. The smallest absolute Gasteiger partial charge is 0.0585 e. The molecule has 0 N–H and O–H groups in total. The topological polar surface area (TPSA) is 18.5 Å². The lowest BCUT2D eigenvalue weighted by molar-refractivity contribution is -0.0213. The lowest BCUT2D eigenvalue weighted by Crippen LogP contribution is -2.34. The quantitative estimate of drug-likeness (QED) is 0.697. The summed E-state index contributed by atoms with van der Waals surface area (Å²) in [6.45, 7) is 3.90. The van der Waals surface area contributed by atoms with Gasteiger partial charge in [-0.05, 0) is 44.4 Å². The van der Waals surface area contributed by atoms with Crippen molar-refractivity contribution in [3.63, 3.8) is 0 Å². The zero-order valence-electron chi connectivity index (χ0n) is 9.51. The van der Waals surface area contributed by atoms with Gasteiger partial charge in [0.2, 0.25) is 0 Å². The molecule has 3 heteroatoms. The van der Waals surface area contributed by atoms with Crippen molar-refractivity contribution in [3.8, 4) is 0 Å². The van der Waals surface area contributed by atoms with Gasteiger partial charge in [0.1, 0.15) is 0 Å². The molecule has 0 aromatic heterocycles. The molecule has 2 aliphatic heterocycles. The molecule has 2 nitrogen and oxygen atoms in total. The van der Waals surface area contributed by atoms with Gasteiger partial charge < -0.3 is 9.47 Å². The van der Waals surface area contributed by atoms with Crippen LogP contribution in [-0.2, 0) is 9.47 Å². The van der Waals surface area contributed by atoms with E-state index in [2.05, 4.69) is 6.92 Å². The van der Waals surface area contributed by atoms with Gasteiger partial charge in [-0.1, -0.05) is 0 Å². The molecule has 0 saturated carbocycles. The Bertz CT molecular complexity index is 202. The molecular weight excluding hydrogens is 212 g/mol. The molecule has 0 spiro atoms. The lowest BCUT2D eigenvalue weighted by atomic mass is 9.77. The molecule has 0 aromatic rings. The van der Waals surface area contributed by atoms with E-state index in [0.29, 0.717) is 12.2 Å². The van der Waals surface area contributed by atoms with Crippen molar-refractivity contribution >= 4 is 11.6 Å². The van der Waals surface area contributed by atoms with E-state index < -0.39 is 0 Å². The summed E-state index contributed by atoms with van der Waals surface area (Å²) in [6, 6.07) is 0. The van der Waals surface area contributed by atoms with Crippen LogP contribution in [0.3, 0.4) is 0 Å². The first-order valence-electron chi connectivity index (χ1n) is 6.03. The Balaban J connectivity index is 1.89. The first-order valence-corrected chi connectivity index (χ1v) is 6.57. The van der Waals surface area contributed by atoms with E-state index in [4.69, 9.17) is 21.1 Å². The molecule has 88 valence electrons. The monoisotopic (exact) mass is 232 g/mol. The van der Waals surface area contributed by atoms with E-state index in [1.807, 2.05) is 0 Å². The van der Waals surface area contributed by atoms with Gasteiger partial charge in [-0.2, -0.15) is 0 Å². The third-order valence-electron chi connectivity index (χ3n) is 3.82. The Morgan fingerprint density at radius 3 is 2.53 bits per heavy atom. The van der Waals surface area contributed by atoms with Crippen LogP contribution >= 0.6 is 11.6 Å². The van der Waals surface area contributed by atoms with Crippen molar-refractivity contribution in [2.75, 3.05) is 19.1 Å². The molecule has 0 aromatic carbocycles. The first kappa shape index (κ1) is 11.7. The van der Waals surface area contributed by atoms with E-state index in [0.717, 1.165) is 38.4 Å². The van der Waals surface area contributed by atoms with Crippen LogP contribution < -0.4 is 0 Å². The second kappa shape index (κ2) is 5.03. The second-order valence-corrected chi connectivity index (χ2v) is 5.36. The lowest BCUT2D eigenvalue weighted by Gasteiger charge is -2.37. The summed E-state index contributed by atoms with van der Waals surface area (Å²) in [5.41, 5.74) is 0.286. The number of hydrogen-bond acceptors (Lipinski definition) is 2. The normalized spacial score (nSPS) is 35.6. The summed E-state index contributed by atoms with van der Waals surface area (Å²) < 4.78 is 11.3. The molecule has 0 radical (unpaired) electrons. The molecule has 0 bridgehead atoms. The summed E-state index contributed by atoms with van der Waals surface area (Å²) in [5.74, 6) is 0.755. The van der Waals surface area contributed by atoms with Crippen LogP contribution in [0, 0.1) is 5.41 Å². The fourth-order valence-corrected chi connectivity index (χ4v) is 3.09. The molecule has 15 heavy (non-hydrogen) atoms. The Hall–Kier alpha value is 0.210. The van der Waals surface area contributed by atoms with Gasteiger partial charge in [-0.3, -0.25) is 0 Å². The predicted octanol–water partition coefficient (Wildman–Crippen LogP) is 2.98. The van der Waals surface area contributed by atoms with E-state index in [1.54, 1.807) is 0 Å². The zero-order valence-corrected chi connectivity index (χ0v) is 10.3. The molecule has 0 amide bonds. The molecule has 2 saturated heterocycles. The number of alkyl halides is 1. The molecule has 2 heterocycles. The van der Waals surface area contributed by atoms with Crippen LogP contribution in [0.15, 0.2) is 0 Å². The highest BCUT2D eigenvalue weighted by atomic mass is 35.5. The maximum Gasteiger partial charge on any atom is 0.0585 e. The Morgan fingerprint density at radius 1 is 1.27 bits per heavy atom. The summed E-state index contributed by atoms with van der Waals surface area (Å²) in [6.07, 6.45) is 6.64. The molecule has 2 fully saturated rings. The van der Waals surface area contributed by atoms with Crippen LogP contribution in [-0.4, -0.2) is 31.3 Å². The predicted molar refractivity (Wildman–Crippen MR) is 61.4 cm³/mol. The summed E-state index contributed by atoms with van der Waals surface area (Å²) in [4.78, 5) is 0. The van der Waals surface area contributed by atoms with Crippen molar-refractivity contribution in [3.05, 3.63) is 0 Å². The van der Waals surface area contributed by atoms with Crippen molar-refractivity contribution < 1.29 is 9.47 Å².